The van der Waals surface area contributed by atoms with Gasteiger partial charge in [-0.25, -0.2) is 0 Å². The van der Waals surface area contributed by atoms with Gasteiger partial charge in [0.2, 0.25) is 0 Å². The van der Waals surface area contributed by atoms with Crippen LogP contribution in [-0.2, 0) is 11.2 Å². The van der Waals surface area contributed by atoms with E-state index in [1.165, 1.54) is 0 Å². The smallest absolute Gasteiger partial charge is 0.263 e. The van der Waals surface area contributed by atoms with Crippen LogP contribution in [0.4, 0.5) is 0 Å². The molecule has 18 heavy (non-hydrogen) atoms. The molecule has 1 aromatic carbocycles. The van der Waals surface area contributed by atoms with Crippen molar-refractivity contribution in [3.63, 3.8) is 0 Å². The van der Waals surface area contributed by atoms with Gasteiger partial charge in [-0.15, -0.1) is 0 Å². The maximum Gasteiger partial charge on any atom is 0.263 e. The van der Waals surface area contributed by atoms with E-state index in [2.05, 4.69) is 0 Å². The average molecular weight is 247 g/mol. The van der Waals surface area contributed by atoms with Crippen LogP contribution in [0.1, 0.15) is 30.1 Å². The highest BCUT2D eigenvalue weighted by atomic mass is 16.5. The molecule has 1 fully saturated rings. The molecule has 4 nitrogen and oxygen atoms in total. The standard InChI is InChI=1S/C14H17NO3/c1-15-8-7-13(14(15)17)18-12-4-2-3-9-10(12)5-6-11(9)16/h2-4,11,13,16H,5-8H2,1H3. The first-order valence-electron chi connectivity index (χ1n) is 6.38. The number of fused-ring (bicyclic) bond motifs is 1. The van der Waals surface area contributed by atoms with Crippen molar-refractivity contribution in [1.82, 2.24) is 4.90 Å². The summed E-state index contributed by atoms with van der Waals surface area (Å²) in [6, 6.07) is 5.71. The second-order valence-electron chi connectivity index (χ2n) is 5.03. The van der Waals surface area contributed by atoms with Gasteiger partial charge in [0.1, 0.15) is 5.75 Å². The molecule has 0 bridgehead atoms. The summed E-state index contributed by atoms with van der Waals surface area (Å²) < 4.78 is 5.85. The van der Waals surface area contributed by atoms with Gasteiger partial charge >= 0.3 is 0 Å². The predicted molar refractivity (Wildman–Crippen MR) is 66.4 cm³/mol. The second kappa shape index (κ2) is 4.28. The predicted octanol–water partition coefficient (Wildman–Crippen LogP) is 1.28. The van der Waals surface area contributed by atoms with E-state index >= 15 is 0 Å². The number of aliphatic hydroxyl groups excluding tert-OH is 1. The van der Waals surface area contributed by atoms with Crippen molar-refractivity contribution in [2.24, 2.45) is 0 Å². The Morgan fingerprint density at radius 2 is 2.22 bits per heavy atom. The lowest BCUT2D eigenvalue weighted by atomic mass is 10.1. The number of hydrogen-bond acceptors (Lipinski definition) is 3. The number of carbonyl (C=O) groups excluding carboxylic acids is 1. The van der Waals surface area contributed by atoms with E-state index in [0.29, 0.717) is 0 Å². The lowest BCUT2D eigenvalue weighted by molar-refractivity contribution is -0.132. The molecule has 2 atom stereocenters. The molecule has 0 radical (unpaired) electrons. The van der Waals surface area contributed by atoms with Crippen LogP contribution in [0, 0.1) is 0 Å². The van der Waals surface area contributed by atoms with Crippen molar-refractivity contribution in [2.75, 3.05) is 13.6 Å². The Labute approximate surface area is 106 Å². The molecule has 1 aliphatic heterocycles. The van der Waals surface area contributed by atoms with Gasteiger partial charge in [0.15, 0.2) is 6.10 Å². The van der Waals surface area contributed by atoms with Crippen molar-refractivity contribution >= 4 is 5.91 Å². The summed E-state index contributed by atoms with van der Waals surface area (Å²) in [7, 11) is 1.80. The quantitative estimate of drug-likeness (QED) is 0.856. The topological polar surface area (TPSA) is 49.8 Å². The van der Waals surface area contributed by atoms with Crippen LogP contribution < -0.4 is 4.74 Å². The van der Waals surface area contributed by atoms with Gasteiger partial charge in [0.25, 0.3) is 5.91 Å². The fourth-order valence-electron chi connectivity index (χ4n) is 2.76. The molecule has 1 aliphatic carbocycles. The van der Waals surface area contributed by atoms with Crippen LogP contribution >= 0.6 is 0 Å². The number of carbonyl (C=O) groups is 1. The summed E-state index contributed by atoms with van der Waals surface area (Å²) in [5, 5.41) is 9.83. The lowest BCUT2D eigenvalue weighted by Gasteiger charge is -2.16. The average Bonchev–Trinajstić information content (AvgIpc) is 2.89. The SMILES string of the molecule is CN1CCC(Oc2cccc3c2CCC3O)C1=O. The highest BCUT2D eigenvalue weighted by molar-refractivity contribution is 5.83. The van der Waals surface area contributed by atoms with E-state index in [4.69, 9.17) is 4.74 Å². The summed E-state index contributed by atoms with van der Waals surface area (Å²) in [6.45, 7) is 0.751. The Kier molecular flexibility index (Phi) is 2.74. The summed E-state index contributed by atoms with van der Waals surface area (Å²) in [6.07, 6.45) is 1.56. The summed E-state index contributed by atoms with van der Waals surface area (Å²) in [5.41, 5.74) is 2.01. The monoisotopic (exact) mass is 247 g/mol. The Morgan fingerprint density at radius 3 is 2.94 bits per heavy atom. The van der Waals surface area contributed by atoms with Crippen molar-refractivity contribution in [3.8, 4) is 5.75 Å². The van der Waals surface area contributed by atoms with E-state index in [0.717, 1.165) is 42.7 Å². The van der Waals surface area contributed by atoms with Crippen molar-refractivity contribution in [2.45, 2.75) is 31.5 Å². The zero-order valence-electron chi connectivity index (χ0n) is 10.4. The number of rotatable bonds is 2. The van der Waals surface area contributed by atoms with Gasteiger partial charge in [0, 0.05) is 25.6 Å². The molecule has 4 heteroatoms. The number of aliphatic hydroxyl groups is 1. The highest BCUT2D eigenvalue weighted by Crippen LogP contribution is 2.37. The van der Waals surface area contributed by atoms with E-state index in [1.54, 1.807) is 11.9 Å². The zero-order valence-corrected chi connectivity index (χ0v) is 10.4. The van der Waals surface area contributed by atoms with Crippen molar-refractivity contribution < 1.29 is 14.6 Å². The minimum atomic E-state index is -0.384. The molecular weight excluding hydrogens is 230 g/mol. The molecule has 0 aromatic heterocycles. The molecule has 1 aromatic rings. The Bertz CT molecular complexity index is 486. The van der Waals surface area contributed by atoms with Gasteiger partial charge in [-0.3, -0.25) is 4.79 Å². The molecule has 1 heterocycles. The fourth-order valence-corrected chi connectivity index (χ4v) is 2.76. The molecular formula is C14H17NO3. The van der Waals surface area contributed by atoms with Crippen molar-refractivity contribution in [3.05, 3.63) is 29.3 Å². The Balaban J connectivity index is 1.84. The van der Waals surface area contributed by atoms with Crippen LogP contribution in [0.15, 0.2) is 18.2 Å². The molecule has 1 amide bonds. The van der Waals surface area contributed by atoms with Gasteiger partial charge in [-0.1, -0.05) is 12.1 Å². The third-order valence-corrected chi connectivity index (χ3v) is 3.84. The third-order valence-electron chi connectivity index (χ3n) is 3.84. The van der Waals surface area contributed by atoms with Gasteiger partial charge < -0.3 is 14.7 Å². The lowest BCUT2D eigenvalue weighted by Crippen LogP contribution is -2.29. The minimum absolute atomic E-state index is 0.0474. The van der Waals surface area contributed by atoms with Crippen LogP contribution in [0.2, 0.25) is 0 Å². The molecule has 3 rings (SSSR count). The molecule has 2 aliphatic rings. The van der Waals surface area contributed by atoms with Crippen LogP contribution in [0.5, 0.6) is 5.75 Å². The first-order valence-corrected chi connectivity index (χ1v) is 6.38. The summed E-state index contributed by atoms with van der Waals surface area (Å²) in [4.78, 5) is 13.5. The maximum atomic E-state index is 11.8. The Morgan fingerprint density at radius 1 is 1.39 bits per heavy atom. The molecule has 2 unspecified atom stereocenters. The zero-order chi connectivity index (χ0) is 12.7. The van der Waals surface area contributed by atoms with Gasteiger partial charge in [-0.05, 0) is 24.5 Å². The first-order chi connectivity index (χ1) is 8.66. The van der Waals surface area contributed by atoms with E-state index in [-0.39, 0.29) is 18.1 Å². The largest absolute Gasteiger partial charge is 0.480 e. The van der Waals surface area contributed by atoms with Gasteiger partial charge in [-0.2, -0.15) is 0 Å². The molecule has 0 saturated carbocycles. The summed E-state index contributed by atoms with van der Waals surface area (Å²) in [5.74, 6) is 0.809. The highest BCUT2D eigenvalue weighted by Gasteiger charge is 2.32. The van der Waals surface area contributed by atoms with E-state index in [9.17, 15) is 9.90 Å². The normalized spacial score (nSPS) is 26.6. The number of likely N-dealkylation sites (tertiary alicyclic amines) is 1. The maximum absolute atomic E-state index is 11.8. The number of amides is 1. The minimum Gasteiger partial charge on any atom is -0.480 e. The van der Waals surface area contributed by atoms with E-state index < -0.39 is 0 Å². The number of nitrogens with zero attached hydrogens (tertiary/aromatic N) is 1. The molecule has 1 N–H and O–H groups in total. The Hall–Kier alpha value is -1.55. The van der Waals surface area contributed by atoms with Crippen LogP contribution in [-0.4, -0.2) is 35.6 Å². The van der Waals surface area contributed by atoms with Crippen LogP contribution in [0.25, 0.3) is 0 Å². The number of hydrogen-bond donors (Lipinski definition) is 1. The third kappa shape index (κ3) is 1.77. The van der Waals surface area contributed by atoms with Crippen LogP contribution in [0.3, 0.4) is 0 Å². The number of ether oxygens (including phenoxy) is 1. The number of benzene rings is 1. The first kappa shape index (κ1) is 11.5. The fraction of sp³-hybridized carbons (Fsp3) is 0.500. The number of likely N-dealkylation sites (N-methyl/N-ethyl adjacent to an activating group) is 1. The van der Waals surface area contributed by atoms with E-state index in [1.807, 2.05) is 18.2 Å². The summed E-state index contributed by atoms with van der Waals surface area (Å²) >= 11 is 0. The molecule has 1 saturated heterocycles. The van der Waals surface area contributed by atoms with Crippen molar-refractivity contribution in [1.29, 1.82) is 0 Å². The molecule has 96 valence electrons. The second-order valence-corrected chi connectivity index (χ2v) is 5.03. The van der Waals surface area contributed by atoms with Gasteiger partial charge in [0.05, 0.1) is 6.10 Å². The molecule has 0 spiro atoms.